The number of benzene rings is 1. The minimum Gasteiger partial charge on any atom is -0.481 e. The van der Waals surface area contributed by atoms with E-state index < -0.39 is 47.4 Å². The summed E-state index contributed by atoms with van der Waals surface area (Å²) in [6.07, 6.45) is 0.315. The molecule has 1 aromatic carbocycles. The Kier molecular flexibility index (Phi) is 20.4. The molecule has 0 radical (unpaired) electrons. The first-order chi connectivity index (χ1) is 11.7. The molecule has 0 spiro atoms. The minimum atomic E-state index is -1.18. The van der Waals surface area contributed by atoms with Gasteiger partial charge < -0.3 is 9.84 Å². The number of carboxylic acids is 1. The van der Waals surface area contributed by atoms with Gasteiger partial charge in [0, 0.05) is 5.92 Å². The molecule has 182 valence electrons. The van der Waals surface area contributed by atoms with Gasteiger partial charge in [0.15, 0.2) is 0 Å². The van der Waals surface area contributed by atoms with Crippen molar-refractivity contribution >= 4 is 23.7 Å². The molecule has 0 aromatic heterocycles. The van der Waals surface area contributed by atoms with Crippen molar-refractivity contribution in [2.24, 2.45) is 23.7 Å². The summed E-state index contributed by atoms with van der Waals surface area (Å²) in [7, 11) is 0. The first-order valence-corrected chi connectivity index (χ1v) is 8.27. The second kappa shape index (κ2) is 16.2. The molecule has 6 nitrogen and oxygen atoms in total. The molecule has 0 saturated carbocycles. The summed E-state index contributed by atoms with van der Waals surface area (Å²) >= 11 is 0. The molecule has 1 fully saturated rings. The lowest BCUT2D eigenvalue weighted by Crippen LogP contribution is -2.38. The van der Waals surface area contributed by atoms with Crippen molar-refractivity contribution in [3.05, 3.63) is 35.9 Å². The smallest absolute Gasteiger partial charge is 0.318 e. The zero-order valence-electron chi connectivity index (χ0n) is 14.5. The van der Waals surface area contributed by atoms with Crippen LogP contribution in [0.3, 0.4) is 0 Å². The van der Waals surface area contributed by atoms with E-state index in [-0.39, 0.29) is 50.5 Å². The molecule has 1 aliphatic heterocycles. The Labute approximate surface area is 190 Å². The Morgan fingerprint density at radius 2 is 1.42 bits per heavy atom. The third-order valence-electron chi connectivity index (χ3n) is 4.97. The molecule has 5 atom stereocenters. The SMILES string of the molecule is C.C.C.C.C.C.CC(=O)C(C(C)C(=O)O)C1C(=O)OC(=O)C1CC(C)c1ccccc1. The molecule has 6 heteroatoms. The first kappa shape index (κ1) is 39.0. The number of esters is 2. The van der Waals surface area contributed by atoms with Crippen LogP contribution in [0.1, 0.15) is 83.2 Å². The van der Waals surface area contributed by atoms with Crippen LogP contribution in [0.4, 0.5) is 0 Å². The fraction of sp³-hybridized carbons (Fsp3) is 0.600. The maximum atomic E-state index is 12.2. The summed E-state index contributed by atoms with van der Waals surface area (Å²) in [5.41, 5.74) is 0.999. The molecule has 1 saturated heterocycles. The number of Topliss-reactive ketones (excluding diaryl/α,β-unsaturated/α-hetero) is 1. The summed E-state index contributed by atoms with van der Waals surface area (Å²) in [5.74, 6) is -7.16. The van der Waals surface area contributed by atoms with Gasteiger partial charge in [-0.15, -0.1) is 0 Å². The van der Waals surface area contributed by atoms with Crippen LogP contribution < -0.4 is 0 Å². The van der Waals surface area contributed by atoms with E-state index in [1.54, 1.807) is 0 Å². The highest BCUT2D eigenvalue weighted by Gasteiger charge is 2.52. The van der Waals surface area contributed by atoms with Gasteiger partial charge in [0.1, 0.15) is 5.78 Å². The van der Waals surface area contributed by atoms with E-state index in [1.807, 2.05) is 37.3 Å². The molecule has 5 unspecified atom stereocenters. The van der Waals surface area contributed by atoms with Gasteiger partial charge in [-0.2, -0.15) is 0 Å². The topological polar surface area (TPSA) is 97.7 Å². The van der Waals surface area contributed by atoms with E-state index in [2.05, 4.69) is 0 Å². The van der Waals surface area contributed by atoms with Crippen LogP contribution in [0, 0.1) is 23.7 Å². The van der Waals surface area contributed by atoms with E-state index in [9.17, 15) is 24.3 Å². The molecule has 0 amide bonds. The van der Waals surface area contributed by atoms with Crippen LogP contribution >= 0.6 is 0 Å². The molecule has 0 bridgehead atoms. The summed E-state index contributed by atoms with van der Waals surface area (Å²) in [5, 5.41) is 9.27. The van der Waals surface area contributed by atoms with E-state index in [4.69, 9.17) is 4.74 Å². The molecular weight excluding hydrogens is 396 g/mol. The summed E-state index contributed by atoms with van der Waals surface area (Å²) in [4.78, 5) is 47.8. The third-order valence-corrected chi connectivity index (χ3v) is 4.97. The Hall–Kier alpha value is -2.50. The lowest BCUT2D eigenvalue weighted by atomic mass is 9.72. The van der Waals surface area contributed by atoms with Crippen LogP contribution in [-0.2, 0) is 23.9 Å². The number of aliphatic carboxylic acids is 1. The van der Waals surface area contributed by atoms with Crippen LogP contribution in [0.15, 0.2) is 30.3 Å². The number of rotatable bonds is 7. The van der Waals surface area contributed by atoms with Crippen LogP contribution in [0.2, 0.25) is 0 Å². The fourth-order valence-corrected chi connectivity index (χ4v) is 3.56. The molecule has 1 aliphatic rings. The lowest BCUT2D eigenvalue weighted by Gasteiger charge is -2.26. The lowest BCUT2D eigenvalue weighted by molar-refractivity contribution is -0.155. The highest BCUT2D eigenvalue weighted by molar-refractivity contribution is 6.00. The molecule has 1 heterocycles. The van der Waals surface area contributed by atoms with E-state index in [0.29, 0.717) is 6.42 Å². The van der Waals surface area contributed by atoms with Gasteiger partial charge in [0.2, 0.25) is 0 Å². The zero-order chi connectivity index (χ0) is 18.7. The van der Waals surface area contributed by atoms with Crippen LogP contribution in [0.25, 0.3) is 0 Å². The van der Waals surface area contributed by atoms with Crippen molar-refractivity contribution in [3.63, 3.8) is 0 Å². The molecule has 1 N–H and O–H groups in total. The van der Waals surface area contributed by atoms with Gasteiger partial charge in [-0.3, -0.25) is 19.2 Å². The number of carbonyl (C=O) groups excluding carboxylic acids is 3. The average Bonchev–Trinajstić information content (AvgIpc) is 2.82. The first-order valence-electron chi connectivity index (χ1n) is 8.27. The monoisotopic (exact) mass is 442 g/mol. The van der Waals surface area contributed by atoms with Crippen molar-refractivity contribution in [1.82, 2.24) is 0 Å². The average molecular weight is 443 g/mol. The van der Waals surface area contributed by atoms with Crippen molar-refractivity contribution in [2.45, 2.75) is 77.7 Å². The minimum absolute atomic E-state index is 0. The van der Waals surface area contributed by atoms with Crippen molar-refractivity contribution in [3.8, 4) is 0 Å². The Bertz CT molecular complexity index is 683. The Balaban J connectivity index is -0.000000376. The standard InChI is InChI=1S/C19H22O6.6CH4/c1-10(13-7-5-4-6-8-13)9-14-16(19(24)25-18(14)23)15(12(3)20)11(2)17(21)22;;;;;;/h4-8,10-11,14-16H,9H2,1-3H3,(H,21,22);6*1H4. The molecule has 2 rings (SSSR count). The number of hydrogen-bond donors (Lipinski definition) is 1. The molecular formula is C25H46O6. The largest absolute Gasteiger partial charge is 0.481 e. The molecule has 31 heavy (non-hydrogen) atoms. The van der Waals surface area contributed by atoms with Crippen LogP contribution in [0.5, 0.6) is 0 Å². The number of ether oxygens (including phenoxy) is 1. The van der Waals surface area contributed by atoms with E-state index in [0.717, 1.165) is 5.56 Å². The summed E-state index contributed by atoms with van der Waals surface area (Å²) < 4.78 is 4.76. The number of carbonyl (C=O) groups is 4. The van der Waals surface area contributed by atoms with E-state index >= 15 is 0 Å². The normalized spacial score (nSPS) is 19.1. The zero-order valence-corrected chi connectivity index (χ0v) is 14.5. The fourth-order valence-electron chi connectivity index (χ4n) is 3.56. The van der Waals surface area contributed by atoms with Gasteiger partial charge in [-0.25, -0.2) is 0 Å². The summed E-state index contributed by atoms with van der Waals surface area (Å²) in [6.45, 7) is 4.55. The quantitative estimate of drug-likeness (QED) is 0.396. The van der Waals surface area contributed by atoms with Gasteiger partial charge in [0.05, 0.1) is 17.8 Å². The second-order valence-electron chi connectivity index (χ2n) is 6.68. The second-order valence-corrected chi connectivity index (χ2v) is 6.68. The Morgan fingerprint density at radius 3 is 1.84 bits per heavy atom. The molecule has 0 aliphatic carbocycles. The summed E-state index contributed by atoms with van der Waals surface area (Å²) in [6, 6.07) is 9.49. The highest BCUT2D eigenvalue weighted by atomic mass is 16.6. The number of carboxylic acid groups (broad SMARTS) is 1. The predicted octanol–water partition coefficient (Wildman–Crippen LogP) is 6.24. The predicted molar refractivity (Wildman–Crippen MR) is 129 cm³/mol. The maximum absolute atomic E-state index is 12.2. The number of ketones is 1. The van der Waals surface area contributed by atoms with Gasteiger partial charge in [0.25, 0.3) is 0 Å². The van der Waals surface area contributed by atoms with Gasteiger partial charge in [-0.1, -0.05) is 88.7 Å². The molecule has 1 aromatic rings. The van der Waals surface area contributed by atoms with Gasteiger partial charge in [-0.05, 0) is 24.8 Å². The van der Waals surface area contributed by atoms with Crippen molar-refractivity contribution < 1.29 is 29.0 Å². The third kappa shape index (κ3) is 8.64. The number of cyclic esters (lactones) is 2. The Morgan fingerprint density at radius 1 is 0.935 bits per heavy atom. The van der Waals surface area contributed by atoms with Crippen molar-refractivity contribution in [1.29, 1.82) is 0 Å². The van der Waals surface area contributed by atoms with Crippen molar-refractivity contribution in [2.75, 3.05) is 0 Å². The number of hydrogen-bond acceptors (Lipinski definition) is 5. The van der Waals surface area contributed by atoms with Gasteiger partial charge >= 0.3 is 17.9 Å². The maximum Gasteiger partial charge on any atom is 0.318 e. The van der Waals surface area contributed by atoms with E-state index in [1.165, 1.54) is 13.8 Å². The van der Waals surface area contributed by atoms with Crippen LogP contribution in [-0.4, -0.2) is 28.8 Å². The highest BCUT2D eigenvalue weighted by Crippen LogP contribution is 2.40.